The van der Waals surface area contributed by atoms with Crippen LogP contribution in [0.4, 0.5) is 5.69 Å². The average Bonchev–Trinajstić information content (AvgIpc) is 2.78. The molecule has 0 radical (unpaired) electrons. The Morgan fingerprint density at radius 3 is 2.68 bits per heavy atom. The number of aromatic carboxylic acids is 1. The first-order valence-corrected chi connectivity index (χ1v) is 6.37. The van der Waals surface area contributed by atoms with Crippen LogP contribution in [0.1, 0.15) is 35.2 Å². The fraction of sp³-hybridized carbons (Fsp3) is 0.429. The number of hydrogen-bond acceptors (Lipinski definition) is 3. The van der Waals surface area contributed by atoms with Gasteiger partial charge in [0.05, 0.1) is 5.56 Å². The molecule has 2 rings (SSSR count). The summed E-state index contributed by atoms with van der Waals surface area (Å²) in [4.78, 5) is 23.0. The van der Waals surface area contributed by atoms with Gasteiger partial charge in [-0.15, -0.1) is 0 Å². The van der Waals surface area contributed by atoms with E-state index in [4.69, 9.17) is 10.8 Å². The maximum absolute atomic E-state index is 12.1. The van der Waals surface area contributed by atoms with Crippen molar-refractivity contribution in [3.05, 3.63) is 29.3 Å². The lowest BCUT2D eigenvalue weighted by atomic mass is 10.1. The van der Waals surface area contributed by atoms with Crippen LogP contribution in [0.15, 0.2) is 18.2 Å². The molecule has 19 heavy (non-hydrogen) atoms. The Labute approximate surface area is 111 Å². The van der Waals surface area contributed by atoms with E-state index >= 15 is 0 Å². The van der Waals surface area contributed by atoms with Crippen LogP contribution in [0.3, 0.4) is 0 Å². The Hall–Kier alpha value is -1.88. The molecular weight excluding hydrogens is 244 g/mol. The van der Waals surface area contributed by atoms with Gasteiger partial charge in [0.25, 0.3) is 0 Å². The fourth-order valence-electron chi connectivity index (χ4n) is 2.38. The van der Waals surface area contributed by atoms with E-state index in [-0.39, 0.29) is 23.4 Å². The van der Waals surface area contributed by atoms with Gasteiger partial charge in [0.15, 0.2) is 0 Å². The quantitative estimate of drug-likeness (QED) is 0.773. The van der Waals surface area contributed by atoms with E-state index in [2.05, 4.69) is 5.32 Å². The largest absolute Gasteiger partial charge is 0.478 e. The highest BCUT2D eigenvalue weighted by atomic mass is 16.4. The van der Waals surface area contributed by atoms with Crippen LogP contribution in [-0.2, 0) is 4.79 Å². The Morgan fingerprint density at radius 1 is 1.37 bits per heavy atom. The Morgan fingerprint density at radius 2 is 2.11 bits per heavy atom. The molecule has 0 bridgehead atoms. The molecular formula is C14H18N2O3. The molecule has 5 heteroatoms. The minimum atomic E-state index is -1.00. The smallest absolute Gasteiger partial charge is 0.335 e. The summed E-state index contributed by atoms with van der Waals surface area (Å²) in [6, 6.07) is 4.81. The molecule has 2 unspecified atom stereocenters. The van der Waals surface area contributed by atoms with Crippen LogP contribution in [0.25, 0.3) is 0 Å². The van der Waals surface area contributed by atoms with Crippen molar-refractivity contribution in [1.29, 1.82) is 0 Å². The second-order valence-electron chi connectivity index (χ2n) is 5.09. The van der Waals surface area contributed by atoms with Gasteiger partial charge in [-0.05, 0) is 43.9 Å². The summed E-state index contributed by atoms with van der Waals surface area (Å²) >= 11 is 0. The van der Waals surface area contributed by atoms with E-state index in [0.29, 0.717) is 12.1 Å². The number of carbonyl (C=O) groups excluding carboxylic acids is 1. The number of carbonyl (C=O) groups is 2. The van der Waals surface area contributed by atoms with E-state index in [1.165, 1.54) is 12.1 Å². The van der Waals surface area contributed by atoms with Crippen molar-refractivity contribution in [2.24, 2.45) is 11.7 Å². The maximum Gasteiger partial charge on any atom is 0.335 e. The van der Waals surface area contributed by atoms with Crippen molar-refractivity contribution in [3.8, 4) is 0 Å². The molecule has 0 spiro atoms. The Kier molecular flexibility index (Phi) is 3.85. The van der Waals surface area contributed by atoms with Crippen molar-refractivity contribution in [3.63, 3.8) is 0 Å². The summed E-state index contributed by atoms with van der Waals surface area (Å²) in [5.41, 5.74) is 7.37. The number of hydrogen-bond donors (Lipinski definition) is 3. The number of carboxylic acids is 1. The van der Waals surface area contributed by atoms with Crippen molar-refractivity contribution in [2.45, 2.75) is 32.2 Å². The minimum absolute atomic E-state index is 0.0668. The number of amides is 1. The van der Waals surface area contributed by atoms with Crippen LogP contribution in [-0.4, -0.2) is 23.0 Å². The molecule has 102 valence electrons. The topological polar surface area (TPSA) is 92.4 Å². The highest BCUT2D eigenvalue weighted by Gasteiger charge is 2.28. The second kappa shape index (κ2) is 5.40. The first-order chi connectivity index (χ1) is 8.97. The summed E-state index contributed by atoms with van der Waals surface area (Å²) < 4.78 is 0. The van der Waals surface area contributed by atoms with Gasteiger partial charge in [0.2, 0.25) is 5.91 Å². The first-order valence-electron chi connectivity index (χ1n) is 6.37. The van der Waals surface area contributed by atoms with Gasteiger partial charge in [-0.1, -0.05) is 6.07 Å². The Balaban J connectivity index is 2.12. The number of nitrogens with two attached hydrogens (primary N) is 1. The number of benzene rings is 1. The van der Waals surface area contributed by atoms with Gasteiger partial charge in [-0.3, -0.25) is 4.79 Å². The minimum Gasteiger partial charge on any atom is -0.478 e. The third kappa shape index (κ3) is 3.12. The summed E-state index contributed by atoms with van der Waals surface area (Å²) in [7, 11) is 0. The van der Waals surface area contributed by atoms with Crippen molar-refractivity contribution in [1.82, 2.24) is 0 Å². The molecule has 0 aromatic heterocycles. The predicted molar refractivity (Wildman–Crippen MR) is 72.1 cm³/mol. The molecule has 2 atom stereocenters. The normalized spacial score (nSPS) is 22.2. The highest BCUT2D eigenvalue weighted by molar-refractivity contribution is 5.95. The van der Waals surface area contributed by atoms with Gasteiger partial charge in [0.1, 0.15) is 0 Å². The van der Waals surface area contributed by atoms with E-state index in [1.807, 2.05) is 6.92 Å². The first kappa shape index (κ1) is 13.5. The lowest BCUT2D eigenvalue weighted by Gasteiger charge is -2.13. The number of aryl methyl sites for hydroxylation is 1. The highest BCUT2D eigenvalue weighted by Crippen LogP contribution is 2.26. The van der Waals surface area contributed by atoms with Gasteiger partial charge >= 0.3 is 5.97 Å². The zero-order valence-corrected chi connectivity index (χ0v) is 10.8. The molecule has 0 heterocycles. The second-order valence-corrected chi connectivity index (χ2v) is 5.09. The molecule has 1 saturated carbocycles. The SMILES string of the molecule is Cc1ccc(C(=O)O)cc1NC(=O)C1CCC(N)C1. The predicted octanol–water partition coefficient (Wildman–Crippen LogP) is 1.76. The summed E-state index contributed by atoms with van der Waals surface area (Å²) in [6.07, 6.45) is 2.36. The molecule has 0 saturated heterocycles. The van der Waals surface area contributed by atoms with Crippen molar-refractivity contribution < 1.29 is 14.7 Å². The van der Waals surface area contributed by atoms with Crippen LogP contribution in [0.2, 0.25) is 0 Å². The summed E-state index contributed by atoms with van der Waals surface area (Å²) in [5, 5.41) is 11.8. The van der Waals surface area contributed by atoms with Crippen molar-refractivity contribution in [2.75, 3.05) is 5.32 Å². The molecule has 0 aliphatic heterocycles. The lowest BCUT2D eigenvalue weighted by Crippen LogP contribution is -2.23. The van der Waals surface area contributed by atoms with E-state index in [1.54, 1.807) is 6.07 Å². The monoisotopic (exact) mass is 262 g/mol. The average molecular weight is 262 g/mol. The zero-order chi connectivity index (χ0) is 14.0. The lowest BCUT2D eigenvalue weighted by molar-refractivity contribution is -0.119. The molecule has 5 nitrogen and oxygen atoms in total. The van der Waals surface area contributed by atoms with Gasteiger partial charge in [-0.25, -0.2) is 4.79 Å². The van der Waals surface area contributed by atoms with Gasteiger partial charge in [-0.2, -0.15) is 0 Å². The van der Waals surface area contributed by atoms with Crippen molar-refractivity contribution >= 4 is 17.6 Å². The molecule has 1 fully saturated rings. The summed E-state index contributed by atoms with van der Waals surface area (Å²) in [5.74, 6) is -1.14. The molecule has 1 aromatic carbocycles. The van der Waals surface area contributed by atoms with Crippen LogP contribution >= 0.6 is 0 Å². The van der Waals surface area contributed by atoms with Crippen LogP contribution in [0.5, 0.6) is 0 Å². The number of nitrogens with one attached hydrogen (secondary N) is 1. The zero-order valence-electron chi connectivity index (χ0n) is 10.8. The number of rotatable bonds is 3. The van der Waals surface area contributed by atoms with Gasteiger partial charge < -0.3 is 16.2 Å². The van der Waals surface area contributed by atoms with Crippen LogP contribution in [0, 0.1) is 12.8 Å². The van der Waals surface area contributed by atoms with E-state index in [9.17, 15) is 9.59 Å². The third-order valence-electron chi connectivity index (χ3n) is 3.59. The van der Waals surface area contributed by atoms with Crippen LogP contribution < -0.4 is 11.1 Å². The molecule has 1 aliphatic carbocycles. The van der Waals surface area contributed by atoms with E-state index in [0.717, 1.165) is 18.4 Å². The fourth-order valence-corrected chi connectivity index (χ4v) is 2.38. The third-order valence-corrected chi connectivity index (χ3v) is 3.59. The molecule has 1 aliphatic rings. The molecule has 1 aromatic rings. The summed E-state index contributed by atoms with van der Waals surface area (Å²) in [6.45, 7) is 1.83. The number of carboxylic acid groups (broad SMARTS) is 1. The maximum atomic E-state index is 12.1. The Bertz CT molecular complexity index is 513. The molecule has 4 N–H and O–H groups in total. The van der Waals surface area contributed by atoms with Gasteiger partial charge in [0, 0.05) is 17.6 Å². The van der Waals surface area contributed by atoms with E-state index < -0.39 is 5.97 Å². The standard InChI is InChI=1S/C14H18N2O3/c1-8-2-3-10(14(18)19)7-12(8)16-13(17)9-4-5-11(15)6-9/h2-3,7,9,11H,4-6,15H2,1H3,(H,16,17)(H,18,19). The molecule has 1 amide bonds. The number of anilines is 1.